The van der Waals surface area contributed by atoms with Crippen molar-refractivity contribution in [1.82, 2.24) is 9.97 Å². The fourth-order valence-electron chi connectivity index (χ4n) is 3.31. The third kappa shape index (κ3) is 4.79. The predicted molar refractivity (Wildman–Crippen MR) is 112 cm³/mol. The number of hydrogen-bond donors (Lipinski definition) is 3. The van der Waals surface area contributed by atoms with E-state index in [1.54, 1.807) is 6.07 Å². The van der Waals surface area contributed by atoms with Gasteiger partial charge in [-0.25, -0.2) is 4.98 Å². The molecule has 1 atom stereocenters. The van der Waals surface area contributed by atoms with Crippen LogP contribution in [0.25, 0.3) is 0 Å². The summed E-state index contributed by atoms with van der Waals surface area (Å²) in [6.07, 6.45) is 3.66. The van der Waals surface area contributed by atoms with Gasteiger partial charge in [0, 0.05) is 30.1 Å². The Kier molecular flexibility index (Phi) is 7.36. The van der Waals surface area contributed by atoms with E-state index in [1.807, 2.05) is 6.07 Å². The first-order valence-corrected chi connectivity index (χ1v) is 9.08. The van der Waals surface area contributed by atoms with Crippen LogP contribution < -0.4 is 16.0 Å². The van der Waals surface area contributed by atoms with E-state index in [2.05, 4.69) is 27.1 Å². The van der Waals surface area contributed by atoms with Gasteiger partial charge in [-0.3, -0.25) is 10.1 Å². The average molecular weight is 409 g/mol. The van der Waals surface area contributed by atoms with Gasteiger partial charge in [0.1, 0.15) is 11.5 Å². The van der Waals surface area contributed by atoms with E-state index in [-0.39, 0.29) is 36.4 Å². The van der Waals surface area contributed by atoms with E-state index in [0.717, 1.165) is 43.7 Å². The molecule has 1 unspecified atom stereocenters. The topological polar surface area (TPSA) is 130 Å². The number of benzene rings is 1. The molecule has 1 saturated heterocycles. The van der Waals surface area contributed by atoms with Crippen LogP contribution >= 0.6 is 12.4 Å². The van der Waals surface area contributed by atoms with E-state index in [1.165, 1.54) is 12.1 Å². The number of nitrogens with zero attached hydrogens (tertiary/aromatic N) is 4. The van der Waals surface area contributed by atoms with Crippen LogP contribution in [0.3, 0.4) is 0 Å². The Morgan fingerprint density at radius 2 is 2.18 bits per heavy atom. The van der Waals surface area contributed by atoms with Crippen molar-refractivity contribution in [2.75, 3.05) is 29.1 Å². The van der Waals surface area contributed by atoms with Gasteiger partial charge in [0.25, 0.3) is 5.69 Å². The minimum Gasteiger partial charge on any atom is -0.394 e. The fraction of sp³-hybridized carbons (Fsp3) is 0.444. The van der Waals surface area contributed by atoms with Crippen molar-refractivity contribution in [1.29, 1.82) is 0 Å². The number of aryl methyl sites for hydroxylation is 1. The molecular weight excluding hydrogens is 384 g/mol. The van der Waals surface area contributed by atoms with Crippen LogP contribution in [0.1, 0.15) is 31.9 Å². The summed E-state index contributed by atoms with van der Waals surface area (Å²) in [5, 5.41) is 23.8. The molecule has 1 aromatic carbocycles. The Morgan fingerprint density at radius 3 is 2.86 bits per heavy atom. The Balaban J connectivity index is 0.00000280. The third-order valence-electron chi connectivity index (χ3n) is 4.64. The smallest absolute Gasteiger partial charge is 0.294 e. The molecule has 3 rings (SSSR count). The maximum Gasteiger partial charge on any atom is 0.294 e. The zero-order valence-corrected chi connectivity index (χ0v) is 16.5. The van der Waals surface area contributed by atoms with Gasteiger partial charge in [0.05, 0.1) is 17.6 Å². The number of rotatable bonds is 7. The minimum absolute atomic E-state index is 0. The summed E-state index contributed by atoms with van der Waals surface area (Å²) in [5.41, 5.74) is 6.98. The molecule has 10 heteroatoms. The zero-order valence-electron chi connectivity index (χ0n) is 15.7. The average Bonchev–Trinajstić information content (AvgIpc) is 3.12. The van der Waals surface area contributed by atoms with Gasteiger partial charge in [-0.15, -0.1) is 12.4 Å². The van der Waals surface area contributed by atoms with E-state index in [9.17, 15) is 15.2 Å². The molecule has 0 radical (unpaired) electrons. The van der Waals surface area contributed by atoms with Gasteiger partial charge in [0.2, 0.25) is 5.95 Å². The van der Waals surface area contributed by atoms with Crippen molar-refractivity contribution in [2.24, 2.45) is 0 Å². The van der Waals surface area contributed by atoms with Gasteiger partial charge >= 0.3 is 0 Å². The standard InChI is InChI=1S/C18H24N6O3.ClH/c1-2-4-12-10-17(23-8-3-5-14(23)11-25)22-18(20-12)21-13-6-7-15(19)16(9-13)24(26)27;/h6-7,9-10,14,25H,2-5,8,11,19H2,1H3,(H,20,21,22);1H. The molecule has 9 nitrogen and oxygen atoms in total. The Bertz CT molecular complexity index is 835. The summed E-state index contributed by atoms with van der Waals surface area (Å²) < 4.78 is 0. The molecule has 2 aromatic rings. The molecule has 1 aliphatic heterocycles. The van der Waals surface area contributed by atoms with Gasteiger partial charge < -0.3 is 21.1 Å². The van der Waals surface area contributed by atoms with Gasteiger partial charge in [-0.1, -0.05) is 13.3 Å². The molecule has 0 spiro atoms. The molecular formula is C18H25ClN6O3. The van der Waals surface area contributed by atoms with Crippen molar-refractivity contribution in [3.05, 3.63) is 40.1 Å². The number of nitrogens with two attached hydrogens (primary N) is 1. The second-order valence-electron chi connectivity index (χ2n) is 6.62. The Labute approximate surface area is 169 Å². The summed E-state index contributed by atoms with van der Waals surface area (Å²) in [5.74, 6) is 1.14. The number of halogens is 1. The van der Waals surface area contributed by atoms with Crippen molar-refractivity contribution < 1.29 is 10.0 Å². The maximum atomic E-state index is 11.1. The van der Waals surface area contributed by atoms with Gasteiger partial charge in [0.15, 0.2) is 0 Å². The van der Waals surface area contributed by atoms with Crippen molar-refractivity contribution in [3.8, 4) is 0 Å². The summed E-state index contributed by atoms with van der Waals surface area (Å²) in [6.45, 7) is 2.99. The normalized spacial score (nSPS) is 15.9. The highest BCUT2D eigenvalue weighted by Gasteiger charge is 2.26. The highest BCUT2D eigenvalue weighted by molar-refractivity contribution is 5.85. The second kappa shape index (κ2) is 9.52. The lowest BCUT2D eigenvalue weighted by Gasteiger charge is -2.25. The summed E-state index contributed by atoms with van der Waals surface area (Å²) >= 11 is 0. The number of nitro groups is 1. The SMILES string of the molecule is CCCc1cc(N2CCCC2CO)nc(Nc2ccc(N)c([N+](=O)[O-])c2)n1.Cl. The van der Waals surface area contributed by atoms with Crippen LogP contribution in [0, 0.1) is 10.1 Å². The maximum absolute atomic E-state index is 11.1. The number of aromatic nitrogens is 2. The highest BCUT2D eigenvalue weighted by Crippen LogP contribution is 2.29. The Morgan fingerprint density at radius 1 is 1.39 bits per heavy atom. The molecule has 1 fully saturated rings. The number of aliphatic hydroxyl groups is 1. The number of hydrogen-bond acceptors (Lipinski definition) is 8. The van der Waals surface area contributed by atoms with Crippen LogP contribution in [0.5, 0.6) is 0 Å². The zero-order chi connectivity index (χ0) is 19.4. The largest absolute Gasteiger partial charge is 0.394 e. The lowest BCUT2D eigenvalue weighted by Crippen LogP contribution is -2.33. The van der Waals surface area contributed by atoms with Crippen molar-refractivity contribution in [2.45, 2.75) is 38.6 Å². The van der Waals surface area contributed by atoms with Crippen LogP contribution in [0.15, 0.2) is 24.3 Å². The molecule has 0 saturated carbocycles. The molecule has 1 aromatic heterocycles. The molecule has 1 aliphatic rings. The van der Waals surface area contributed by atoms with E-state index >= 15 is 0 Å². The summed E-state index contributed by atoms with van der Waals surface area (Å²) in [4.78, 5) is 21.8. The van der Waals surface area contributed by atoms with Crippen molar-refractivity contribution >= 4 is 41.2 Å². The molecule has 28 heavy (non-hydrogen) atoms. The molecule has 0 amide bonds. The molecule has 2 heterocycles. The van der Waals surface area contributed by atoms with E-state index in [0.29, 0.717) is 11.6 Å². The first-order valence-electron chi connectivity index (χ1n) is 9.08. The molecule has 152 valence electrons. The third-order valence-corrected chi connectivity index (χ3v) is 4.64. The quantitative estimate of drug-likeness (QED) is 0.362. The van der Waals surface area contributed by atoms with Crippen LogP contribution in [0.2, 0.25) is 0 Å². The number of nitrogens with one attached hydrogen (secondary N) is 1. The number of anilines is 4. The van der Waals surface area contributed by atoms with E-state index in [4.69, 9.17) is 5.73 Å². The number of nitro benzene ring substituents is 1. The fourth-order valence-corrected chi connectivity index (χ4v) is 3.31. The number of aliphatic hydroxyl groups excluding tert-OH is 1. The van der Waals surface area contributed by atoms with Gasteiger partial charge in [-0.05, 0) is 31.4 Å². The molecule has 4 N–H and O–H groups in total. The van der Waals surface area contributed by atoms with Crippen LogP contribution in [0.4, 0.5) is 28.8 Å². The summed E-state index contributed by atoms with van der Waals surface area (Å²) in [6, 6.07) is 6.52. The lowest BCUT2D eigenvalue weighted by atomic mass is 10.2. The lowest BCUT2D eigenvalue weighted by molar-refractivity contribution is -0.383. The molecule has 0 aliphatic carbocycles. The first-order chi connectivity index (χ1) is 13.0. The molecule has 0 bridgehead atoms. The van der Waals surface area contributed by atoms with Crippen LogP contribution in [-0.2, 0) is 6.42 Å². The predicted octanol–water partition coefficient (Wildman–Crippen LogP) is 3.05. The first kappa shape index (κ1) is 21.6. The Hall–Kier alpha value is -2.65. The minimum atomic E-state index is -0.517. The highest BCUT2D eigenvalue weighted by atomic mass is 35.5. The van der Waals surface area contributed by atoms with E-state index < -0.39 is 4.92 Å². The van der Waals surface area contributed by atoms with Crippen molar-refractivity contribution in [3.63, 3.8) is 0 Å². The number of nitrogen functional groups attached to an aromatic ring is 1. The second-order valence-corrected chi connectivity index (χ2v) is 6.62. The monoisotopic (exact) mass is 408 g/mol. The van der Waals surface area contributed by atoms with Crippen LogP contribution in [-0.4, -0.2) is 39.2 Å². The summed E-state index contributed by atoms with van der Waals surface area (Å²) in [7, 11) is 0. The van der Waals surface area contributed by atoms with Gasteiger partial charge in [-0.2, -0.15) is 4.98 Å².